The number of rotatable bonds is 4. The highest BCUT2D eigenvalue weighted by atomic mass is 16.6. The van der Waals surface area contributed by atoms with Crippen LogP contribution in [-0.2, 0) is 21.4 Å². The predicted molar refractivity (Wildman–Crippen MR) is 156 cm³/mol. The fraction of sp³-hybridized carbons (Fsp3) is 0.529. The number of piperidine rings is 1. The van der Waals surface area contributed by atoms with E-state index < -0.39 is 23.1 Å². The van der Waals surface area contributed by atoms with Crippen LogP contribution in [0.1, 0.15) is 67.9 Å². The van der Waals surface area contributed by atoms with Gasteiger partial charge in [-0.3, -0.25) is 9.59 Å². The van der Waals surface area contributed by atoms with Gasteiger partial charge < -0.3 is 24.4 Å². The van der Waals surface area contributed by atoms with Crippen LogP contribution in [0.25, 0.3) is 0 Å². The molecule has 2 aromatic carbocycles. The standard InChI is InChI=1S/C34H40N2O5/c1-20(2)19-36(29(38)12-9-24-8-7-21(3)22(4)17-24)26-13-14-34(39)28-18-25-10-11-27(40-23(5)37)31-30(25)33(34,32(26)41-31)15-16-35(28)6/h7-8,10-11,17,20,26,28,32,39H,13-16,18-19H2,1-6H3/t26-,28+,32-,33-,34+/m0/s1. The number of hydrogen-bond donors (Lipinski definition) is 1. The van der Waals surface area contributed by atoms with Gasteiger partial charge in [-0.15, -0.1) is 0 Å². The Kier molecular flexibility index (Phi) is 6.71. The van der Waals surface area contributed by atoms with E-state index in [0.717, 1.165) is 28.8 Å². The third-order valence-electron chi connectivity index (χ3n) is 9.98. The van der Waals surface area contributed by atoms with Gasteiger partial charge in [-0.2, -0.15) is 0 Å². The molecule has 1 saturated heterocycles. The van der Waals surface area contributed by atoms with Crippen LogP contribution in [0.15, 0.2) is 30.3 Å². The first-order valence-corrected chi connectivity index (χ1v) is 14.8. The number of benzene rings is 2. The molecule has 2 bridgehead atoms. The lowest BCUT2D eigenvalue weighted by atomic mass is 9.48. The van der Waals surface area contributed by atoms with Gasteiger partial charge in [0.1, 0.15) is 6.10 Å². The highest BCUT2D eigenvalue weighted by molar-refractivity contribution is 5.94. The molecule has 4 aliphatic rings. The second-order valence-corrected chi connectivity index (χ2v) is 12.9. The molecule has 1 N–H and O–H groups in total. The Morgan fingerprint density at radius 2 is 1.98 bits per heavy atom. The van der Waals surface area contributed by atoms with Crippen LogP contribution in [0.5, 0.6) is 11.5 Å². The molecular formula is C34H40N2O5. The molecule has 2 aliphatic carbocycles. The summed E-state index contributed by atoms with van der Waals surface area (Å²) in [5, 5.41) is 12.6. The fourth-order valence-electron chi connectivity index (χ4n) is 8.05. The molecule has 0 radical (unpaired) electrons. The van der Waals surface area contributed by atoms with E-state index >= 15 is 0 Å². The first kappa shape index (κ1) is 27.8. The Balaban J connectivity index is 1.44. The molecule has 6 rings (SSSR count). The molecule has 41 heavy (non-hydrogen) atoms. The molecule has 1 amide bonds. The van der Waals surface area contributed by atoms with E-state index in [1.54, 1.807) is 0 Å². The number of aryl methyl sites for hydroxylation is 2. The third-order valence-corrected chi connectivity index (χ3v) is 9.98. The largest absolute Gasteiger partial charge is 0.483 e. The summed E-state index contributed by atoms with van der Waals surface area (Å²) in [6.45, 7) is 11.0. The van der Waals surface area contributed by atoms with Crippen molar-refractivity contribution in [3.63, 3.8) is 0 Å². The van der Waals surface area contributed by atoms with Gasteiger partial charge in [0, 0.05) is 36.6 Å². The predicted octanol–water partition coefficient (Wildman–Crippen LogP) is 3.92. The number of esters is 1. The summed E-state index contributed by atoms with van der Waals surface area (Å²) in [5.74, 6) is 6.54. The summed E-state index contributed by atoms with van der Waals surface area (Å²) in [7, 11) is 2.09. The molecule has 216 valence electrons. The molecule has 0 unspecified atom stereocenters. The van der Waals surface area contributed by atoms with Crippen molar-refractivity contribution in [1.29, 1.82) is 0 Å². The lowest BCUT2D eigenvalue weighted by Gasteiger charge is -2.64. The Bertz CT molecular complexity index is 1490. The van der Waals surface area contributed by atoms with Crippen LogP contribution in [0.3, 0.4) is 0 Å². The summed E-state index contributed by atoms with van der Waals surface area (Å²) in [6, 6.07) is 9.48. The average molecular weight is 557 g/mol. The molecule has 1 spiro atoms. The Hall–Kier alpha value is -3.34. The first-order valence-electron chi connectivity index (χ1n) is 14.8. The molecule has 7 heteroatoms. The monoisotopic (exact) mass is 556 g/mol. The molecule has 5 atom stereocenters. The van der Waals surface area contributed by atoms with Crippen molar-refractivity contribution < 1.29 is 24.2 Å². The van der Waals surface area contributed by atoms with Gasteiger partial charge in [0.2, 0.25) is 0 Å². The zero-order valence-electron chi connectivity index (χ0n) is 24.9. The molecule has 0 aromatic heterocycles. The normalized spacial score (nSPS) is 29.2. The second-order valence-electron chi connectivity index (χ2n) is 12.9. The van der Waals surface area contributed by atoms with Gasteiger partial charge >= 0.3 is 5.97 Å². The first-order chi connectivity index (χ1) is 19.5. The Morgan fingerprint density at radius 1 is 1.20 bits per heavy atom. The molecule has 7 nitrogen and oxygen atoms in total. The van der Waals surface area contributed by atoms with E-state index in [1.165, 1.54) is 12.5 Å². The maximum atomic E-state index is 13.9. The maximum Gasteiger partial charge on any atom is 0.308 e. The van der Waals surface area contributed by atoms with Gasteiger partial charge in [-0.25, -0.2) is 0 Å². The summed E-state index contributed by atoms with van der Waals surface area (Å²) >= 11 is 0. The number of nitrogens with zero attached hydrogens (tertiary/aromatic N) is 2. The zero-order chi connectivity index (χ0) is 29.3. The van der Waals surface area contributed by atoms with E-state index in [0.29, 0.717) is 43.7 Å². The van der Waals surface area contributed by atoms with Crippen molar-refractivity contribution in [1.82, 2.24) is 9.80 Å². The van der Waals surface area contributed by atoms with Crippen molar-refractivity contribution >= 4 is 11.9 Å². The lowest BCUT2D eigenvalue weighted by Crippen LogP contribution is -2.78. The SMILES string of the molecule is CC(=O)Oc1ccc2c3c1O[C@H]1[C@@H](N(CC(C)C)C(=O)C#Cc4ccc(C)c(C)c4)CC[C@@]4(O)[C@@H](C2)N(C)CC[C@]314. The number of hydrogen-bond acceptors (Lipinski definition) is 6. The number of carbonyl (C=O) groups is 2. The minimum absolute atomic E-state index is 0.0554. The smallest absolute Gasteiger partial charge is 0.308 e. The van der Waals surface area contributed by atoms with Crippen LogP contribution < -0.4 is 9.47 Å². The molecule has 2 heterocycles. The summed E-state index contributed by atoms with van der Waals surface area (Å²) in [6.07, 6.45) is 2.07. The van der Waals surface area contributed by atoms with Gasteiger partial charge in [0.05, 0.1) is 17.1 Å². The van der Waals surface area contributed by atoms with E-state index in [4.69, 9.17) is 9.47 Å². The number of ether oxygens (including phenoxy) is 2. The third kappa shape index (κ3) is 4.18. The lowest BCUT2D eigenvalue weighted by molar-refractivity contribution is -0.197. The van der Waals surface area contributed by atoms with Gasteiger partial charge in [-0.1, -0.05) is 31.9 Å². The Labute approximate surface area is 242 Å². The van der Waals surface area contributed by atoms with Crippen molar-refractivity contribution in [3.8, 4) is 23.3 Å². The molecule has 2 fully saturated rings. The maximum absolute atomic E-state index is 13.9. The van der Waals surface area contributed by atoms with E-state index in [-0.39, 0.29) is 23.9 Å². The van der Waals surface area contributed by atoms with Gasteiger partial charge in [0.15, 0.2) is 11.5 Å². The van der Waals surface area contributed by atoms with Gasteiger partial charge in [0.25, 0.3) is 5.91 Å². The molecule has 2 aliphatic heterocycles. The number of amides is 1. The van der Waals surface area contributed by atoms with Crippen LogP contribution in [-0.4, -0.2) is 70.7 Å². The van der Waals surface area contributed by atoms with E-state index in [9.17, 15) is 14.7 Å². The minimum Gasteiger partial charge on any atom is -0.483 e. The summed E-state index contributed by atoms with van der Waals surface area (Å²) < 4.78 is 12.5. The number of likely N-dealkylation sites (tertiary alicyclic amines) is 1. The molecular weight excluding hydrogens is 516 g/mol. The van der Waals surface area contributed by atoms with Crippen molar-refractivity contribution in [2.45, 2.75) is 89.5 Å². The number of likely N-dealkylation sites (N-methyl/N-ethyl adjacent to an activating group) is 1. The topological polar surface area (TPSA) is 79.3 Å². The van der Waals surface area contributed by atoms with Crippen LogP contribution in [0.4, 0.5) is 0 Å². The average Bonchev–Trinajstić information content (AvgIpc) is 3.27. The minimum atomic E-state index is -1.02. The highest BCUT2D eigenvalue weighted by Gasteiger charge is 2.73. The molecule has 1 saturated carbocycles. The summed E-state index contributed by atoms with van der Waals surface area (Å²) in [5.41, 5.74) is 3.50. The second kappa shape index (κ2) is 9.89. The Morgan fingerprint density at radius 3 is 2.68 bits per heavy atom. The quantitative estimate of drug-likeness (QED) is 0.350. The van der Waals surface area contributed by atoms with Gasteiger partial charge in [-0.05, 0) is 93.9 Å². The summed E-state index contributed by atoms with van der Waals surface area (Å²) in [4.78, 5) is 30.1. The fourth-order valence-corrected chi connectivity index (χ4v) is 8.05. The van der Waals surface area contributed by atoms with Crippen LogP contribution >= 0.6 is 0 Å². The highest BCUT2D eigenvalue weighted by Crippen LogP contribution is 2.65. The van der Waals surface area contributed by atoms with Crippen molar-refractivity contribution in [3.05, 3.63) is 58.1 Å². The van der Waals surface area contributed by atoms with E-state index in [2.05, 4.69) is 44.6 Å². The number of aliphatic hydroxyl groups is 1. The zero-order valence-corrected chi connectivity index (χ0v) is 24.9. The van der Waals surface area contributed by atoms with Crippen molar-refractivity contribution in [2.24, 2.45) is 5.92 Å². The van der Waals surface area contributed by atoms with Crippen LogP contribution in [0, 0.1) is 31.6 Å². The number of carbonyl (C=O) groups excluding carboxylic acids is 2. The van der Waals surface area contributed by atoms with Crippen LogP contribution in [0.2, 0.25) is 0 Å². The van der Waals surface area contributed by atoms with E-state index in [1.807, 2.05) is 42.2 Å². The molecule has 2 aromatic rings. The van der Waals surface area contributed by atoms with Crippen molar-refractivity contribution in [2.75, 3.05) is 20.1 Å².